The maximum atomic E-state index is 11.7. The normalized spacial score (nSPS) is 32.9. The Kier molecular flexibility index (Phi) is 3.78. The topological polar surface area (TPSA) is 61.8 Å². The van der Waals surface area contributed by atoms with Crippen molar-refractivity contribution in [2.45, 2.75) is 37.5 Å². The summed E-state index contributed by atoms with van der Waals surface area (Å²) in [6, 6.07) is -0.311. The van der Waals surface area contributed by atoms with Crippen molar-refractivity contribution < 1.29 is 14.6 Å². The number of aliphatic hydroxyl groups excluding tert-OH is 1. The lowest BCUT2D eigenvalue weighted by molar-refractivity contribution is -0.153. The lowest BCUT2D eigenvalue weighted by Gasteiger charge is -2.29. The van der Waals surface area contributed by atoms with E-state index in [0.717, 1.165) is 25.9 Å². The van der Waals surface area contributed by atoms with Crippen molar-refractivity contribution in [3.8, 4) is 0 Å². The molecule has 2 heterocycles. The van der Waals surface area contributed by atoms with E-state index in [9.17, 15) is 9.90 Å². The van der Waals surface area contributed by atoms with Gasteiger partial charge in [0.15, 0.2) is 0 Å². The molecule has 2 rings (SSSR count). The van der Waals surface area contributed by atoms with Gasteiger partial charge in [-0.05, 0) is 19.9 Å². The Morgan fingerprint density at radius 1 is 1.44 bits per heavy atom. The standard InChI is InChI=1S/C11H20N2O3/c1-13-4-2-9(3-5-13)16-11(15)10-6-8(14)7-12-10/h8-10,12,14H,2-7H2,1H3/t8-,10-/m1/s1. The number of esters is 1. The largest absolute Gasteiger partial charge is 0.461 e. The summed E-state index contributed by atoms with van der Waals surface area (Å²) in [5.74, 6) is -0.203. The number of ether oxygens (including phenoxy) is 1. The number of rotatable bonds is 2. The van der Waals surface area contributed by atoms with Gasteiger partial charge >= 0.3 is 5.97 Å². The Morgan fingerprint density at radius 2 is 2.12 bits per heavy atom. The molecule has 0 saturated carbocycles. The van der Waals surface area contributed by atoms with Gasteiger partial charge in [0.05, 0.1) is 6.10 Å². The molecule has 0 aromatic heterocycles. The zero-order valence-corrected chi connectivity index (χ0v) is 9.69. The molecule has 2 atom stereocenters. The molecule has 5 heteroatoms. The average Bonchev–Trinajstić information content (AvgIpc) is 2.68. The van der Waals surface area contributed by atoms with Crippen LogP contribution in [0, 0.1) is 0 Å². The van der Waals surface area contributed by atoms with E-state index >= 15 is 0 Å². The van der Waals surface area contributed by atoms with Crippen molar-refractivity contribution in [3.63, 3.8) is 0 Å². The summed E-state index contributed by atoms with van der Waals surface area (Å²) in [5, 5.41) is 12.3. The van der Waals surface area contributed by atoms with Gasteiger partial charge in [0.2, 0.25) is 0 Å². The highest BCUT2D eigenvalue weighted by Crippen LogP contribution is 2.15. The van der Waals surface area contributed by atoms with E-state index in [-0.39, 0.29) is 18.1 Å². The minimum absolute atomic E-state index is 0.0586. The van der Waals surface area contributed by atoms with Crippen molar-refractivity contribution in [1.82, 2.24) is 10.2 Å². The monoisotopic (exact) mass is 228 g/mol. The number of carbonyl (C=O) groups excluding carboxylic acids is 1. The number of aliphatic hydroxyl groups is 1. The van der Waals surface area contributed by atoms with Crippen LogP contribution in [-0.2, 0) is 9.53 Å². The number of nitrogens with one attached hydrogen (secondary N) is 1. The molecule has 2 N–H and O–H groups in total. The molecule has 2 saturated heterocycles. The fourth-order valence-corrected chi connectivity index (χ4v) is 2.25. The molecule has 92 valence electrons. The summed E-state index contributed by atoms with van der Waals surface area (Å²) in [5.41, 5.74) is 0. The van der Waals surface area contributed by atoms with E-state index in [0.29, 0.717) is 13.0 Å². The third kappa shape index (κ3) is 2.93. The van der Waals surface area contributed by atoms with Crippen molar-refractivity contribution in [1.29, 1.82) is 0 Å². The van der Waals surface area contributed by atoms with Crippen molar-refractivity contribution >= 4 is 5.97 Å². The summed E-state index contributed by atoms with van der Waals surface area (Å²) >= 11 is 0. The fraction of sp³-hybridized carbons (Fsp3) is 0.909. The number of nitrogens with zero attached hydrogens (tertiary/aromatic N) is 1. The number of carbonyl (C=O) groups is 1. The molecule has 0 bridgehead atoms. The first-order chi connectivity index (χ1) is 7.65. The maximum Gasteiger partial charge on any atom is 0.323 e. The maximum absolute atomic E-state index is 11.7. The summed E-state index contributed by atoms with van der Waals surface area (Å²) in [4.78, 5) is 14.0. The minimum Gasteiger partial charge on any atom is -0.461 e. The second kappa shape index (κ2) is 5.12. The van der Waals surface area contributed by atoms with Gasteiger partial charge in [-0.15, -0.1) is 0 Å². The molecule has 2 aliphatic rings. The lowest BCUT2D eigenvalue weighted by Crippen LogP contribution is -2.39. The molecule has 0 spiro atoms. The molecule has 2 fully saturated rings. The SMILES string of the molecule is CN1CCC(OC(=O)[C@H]2C[C@@H](O)CN2)CC1. The number of hydrogen-bond acceptors (Lipinski definition) is 5. The molecular formula is C11H20N2O3. The van der Waals surface area contributed by atoms with Gasteiger partial charge in [0.1, 0.15) is 12.1 Å². The highest BCUT2D eigenvalue weighted by atomic mass is 16.5. The fourth-order valence-electron chi connectivity index (χ4n) is 2.25. The number of hydrogen-bond donors (Lipinski definition) is 2. The predicted molar refractivity (Wildman–Crippen MR) is 59.0 cm³/mol. The number of piperidine rings is 1. The van der Waals surface area contributed by atoms with Gasteiger partial charge < -0.3 is 20.1 Å². The van der Waals surface area contributed by atoms with Crippen LogP contribution in [0.15, 0.2) is 0 Å². The van der Waals surface area contributed by atoms with Crippen molar-refractivity contribution in [2.24, 2.45) is 0 Å². The molecule has 0 amide bonds. The van der Waals surface area contributed by atoms with Crippen LogP contribution >= 0.6 is 0 Å². The zero-order valence-electron chi connectivity index (χ0n) is 9.69. The van der Waals surface area contributed by atoms with E-state index < -0.39 is 6.10 Å². The quantitative estimate of drug-likeness (QED) is 0.615. The van der Waals surface area contributed by atoms with E-state index in [4.69, 9.17) is 4.74 Å². The minimum atomic E-state index is -0.407. The molecule has 2 aliphatic heterocycles. The van der Waals surface area contributed by atoms with E-state index in [1.807, 2.05) is 0 Å². The highest BCUT2D eigenvalue weighted by Gasteiger charge is 2.31. The van der Waals surface area contributed by atoms with Crippen LogP contribution in [-0.4, -0.2) is 60.9 Å². The van der Waals surface area contributed by atoms with Gasteiger partial charge in [0, 0.05) is 26.1 Å². The van der Waals surface area contributed by atoms with Crippen LogP contribution in [0.4, 0.5) is 0 Å². The number of likely N-dealkylation sites (tertiary alicyclic amines) is 1. The Morgan fingerprint density at radius 3 is 2.69 bits per heavy atom. The smallest absolute Gasteiger partial charge is 0.323 e. The van der Waals surface area contributed by atoms with Crippen molar-refractivity contribution in [2.75, 3.05) is 26.7 Å². The number of β-amino-alcohol motifs (C(OH)–C–C–N with tert-alkyl or cyclic N) is 1. The van der Waals surface area contributed by atoms with Gasteiger partial charge in [-0.25, -0.2) is 0 Å². The first kappa shape index (κ1) is 11.8. The van der Waals surface area contributed by atoms with Gasteiger partial charge in [-0.1, -0.05) is 0 Å². The first-order valence-corrected chi connectivity index (χ1v) is 5.95. The molecule has 0 radical (unpaired) electrons. The van der Waals surface area contributed by atoms with E-state index in [1.165, 1.54) is 0 Å². The summed E-state index contributed by atoms with van der Waals surface area (Å²) in [6.07, 6.45) is 1.96. The lowest BCUT2D eigenvalue weighted by atomic mass is 10.1. The van der Waals surface area contributed by atoms with Crippen LogP contribution in [0.3, 0.4) is 0 Å². The summed E-state index contributed by atoms with van der Waals surface area (Å²) < 4.78 is 5.43. The highest BCUT2D eigenvalue weighted by molar-refractivity contribution is 5.76. The Bertz CT molecular complexity index is 252. The third-order valence-electron chi connectivity index (χ3n) is 3.34. The van der Waals surface area contributed by atoms with Gasteiger partial charge in [0.25, 0.3) is 0 Å². The van der Waals surface area contributed by atoms with E-state index in [1.54, 1.807) is 0 Å². The summed E-state index contributed by atoms with van der Waals surface area (Å²) in [6.45, 7) is 2.46. The van der Waals surface area contributed by atoms with Crippen LogP contribution < -0.4 is 5.32 Å². The molecule has 0 aromatic rings. The molecule has 0 aromatic carbocycles. The second-order valence-corrected chi connectivity index (χ2v) is 4.79. The first-order valence-electron chi connectivity index (χ1n) is 5.95. The Hall–Kier alpha value is -0.650. The molecule has 0 unspecified atom stereocenters. The van der Waals surface area contributed by atoms with Crippen LogP contribution in [0.2, 0.25) is 0 Å². The van der Waals surface area contributed by atoms with Gasteiger partial charge in [-0.2, -0.15) is 0 Å². The second-order valence-electron chi connectivity index (χ2n) is 4.79. The summed E-state index contributed by atoms with van der Waals surface area (Å²) in [7, 11) is 2.08. The average molecular weight is 228 g/mol. The Balaban J connectivity index is 1.75. The molecule has 5 nitrogen and oxygen atoms in total. The molecule has 16 heavy (non-hydrogen) atoms. The van der Waals surface area contributed by atoms with Gasteiger partial charge in [-0.3, -0.25) is 4.79 Å². The molecular weight excluding hydrogens is 208 g/mol. The zero-order chi connectivity index (χ0) is 11.5. The van der Waals surface area contributed by atoms with Crippen LogP contribution in [0.5, 0.6) is 0 Å². The third-order valence-corrected chi connectivity index (χ3v) is 3.34. The van der Waals surface area contributed by atoms with Crippen molar-refractivity contribution in [3.05, 3.63) is 0 Å². The van der Waals surface area contributed by atoms with E-state index in [2.05, 4.69) is 17.3 Å². The van der Waals surface area contributed by atoms with Crippen LogP contribution in [0.25, 0.3) is 0 Å². The molecule has 0 aliphatic carbocycles. The van der Waals surface area contributed by atoms with Crippen LogP contribution in [0.1, 0.15) is 19.3 Å². The predicted octanol–water partition coefficient (Wildman–Crippen LogP) is -0.653. The Labute approximate surface area is 95.8 Å².